The molecule has 3 heterocycles. The van der Waals surface area contributed by atoms with E-state index < -0.39 is 30.5 Å². The number of nitrogen functional groups attached to an aromatic ring is 1. The molecule has 5 atom stereocenters. The van der Waals surface area contributed by atoms with Crippen molar-refractivity contribution in [2.24, 2.45) is 11.8 Å². The zero-order chi connectivity index (χ0) is 23.5. The Morgan fingerprint density at radius 1 is 1.21 bits per heavy atom. The Bertz CT molecular complexity index is 1010. The summed E-state index contributed by atoms with van der Waals surface area (Å²) in [7, 11) is 1.73. The van der Waals surface area contributed by atoms with Gasteiger partial charge in [0.25, 0.3) is 6.43 Å². The molecule has 2 N–H and O–H groups in total. The van der Waals surface area contributed by atoms with Gasteiger partial charge in [0.2, 0.25) is 0 Å². The van der Waals surface area contributed by atoms with E-state index in [9.17, 15) is 22.0 Å². The van der Waals surface area contributed by atoms with Crippen molar-refractivity contribution in [2.45, 2.75) is 56.5 Å². The zero-order valence-corrected chi connectivity index (χ0v) is 18.1. The molecule has 3 aliphatic rings. The lowest BCUT2D eigenvalue weighted by atomic mass is 10.0. The summed E-state index contributed by atoms with van der Waals surface area (Å²) in [5, 5.41) is 4.24. The summed E-state index contributed by atoms with van der Waals surface area (Å²) < 4.78 is 72.9. The minimum atomic E-state index is -4.67. The molecule has 3 fully saturated rings. The van der Waals surface area contributed by atoms with E-state index in [4.69, 9.17) is 10.5 Å². The van der Waals surface area contributed by atoms with Crippen molar-refractivity contribution in [3.05, 3.63) is 29.6 Å². The smallest absolute Gasteiger partial charge is 0.383 e. The summed E-state index contributed by atoms with van der Waals surface area (Å²) in [6, 6.07) is 2.99. The molecule has 6 nitrogen and oxygen atoms in total. The second kappa shape index (κ2) is 8.19. The van der Waals surface area contributed by atoms with Gasteiger partial charge in [0, 0.05) is 49.6 Å². The molecule has 1 unspecified atom stereocenters. The van der Waals surface area contributed by atoms with Gasteiger partial charge in [0.1, 0.15) is 12.4 Å². The Morgan fingerprint density at radius 3 is 2.55 bits per heavy atom. The molecule has 5 rings (SSSR count). The van der Waals surface area contributed by atoms with Gasteiger partial charge in [-0.25, -0.2) is 13.8 Å². The fourth-order valence-corrected chi connectivity index (χ4v) is 5.79. The third-order valence-electron chi connectivity index (χ3n) is 7.43. The molecule has 2 aromatic heterocycles. The number of fused-ring (bicyclic) bond motifs is 1. The third kappa shape index (κ3) is 4.21. The Labute approximate surface area is 187 Å². The van der Waals surface area contributed by atoms with Crippen molar-refractivity contribution >= 4 is 5.82 Å². The summed E-state index contributed by atoms with van der Waals surface area (Å²) in [5.41, 5.74) is 5.31. The van der Waals surface area contributed by atoms with Crippen molar-refractivity contribution in [2.75, 3.05) is 25.9 Å². The number of aromatic nitrogens is 3. The summed E-state index contributed by atoms with van der Waals surface area (Å²) in [5.74, 6) is 0.241. The van der Waals surface area contributed by atoms with Crippen LogP contribution in [-0.2, 0) is 17.5 Å². The zero-order valence-electron chi connectivity index (χ0n) is 18.1. The molecule has 2 aromatic rings. The molecule has 33 heavy (non-hydrogen) atoms. The minimum absolute atomic E-state index is 0.103. The number of anilines is 1. The van der Waals surface area contributed by atoms with Gasteiger partial charge in [-0.15, -0.1) is 0 Å². The first-order chi connectivity index (χ1) is 15.7. The molecule has 2 saturated carbocycles. The van der Waals surface area contributed by atoms with Crippen LogP contribution >= 0.6 is 0 Å². The van der Waals surface area contributed by atoms with Crippen LogP contribution in [0.5, 0.6) is 0 Å². The van der Waals surface area contributed by atoms with Gasteiger partial charge in [0.15, 0.2) is 0 Å². The van der Waals surface area contributed by atoms with Crippen molar-refractivity contribution in [3.8, 4) is 11.3 Å². The Kier molecular flexibility index (Phi) is 5.59. The maximum absolute atomic E-state index is 13.3. The lowest BCUT2D eigenvalue weighted by Crippen LogP contribution is -2.33. The Morgan fingerprint density at radius 2 is 1.94 bits per heavy atom. The number of halogens is 5. The van der Waals surface area contributed by atoms with Gasteiger partial charge in [-0.05, 0) is 43.2 Å². The number of hydrogen-bond donors (Lipinski definition) is 1. The highest BCUT2D eigenvalue weighted by atomic mass is 19.4. The quantitative estimate of drug-likeness (QED) is 0.645. The first-order valence-electron chi connectivity index (χ1n) is 11.1. The van der Waals surface area contributed by atoms with E-state index in [-0.39, 0.29) is 23.3 Å². The molecule has 1 aliphatic heterocycles. The van der Waals surface area contributed by atoms with Crippen LogP contribution in [-0.4, -0.2) is 58.4 Å². The molecular weight excluding hydrogens is 445 g/mol. The fraction of sp³-hybridized carbons (Fsp3) is 0.636. The summed E-state index contributed by atoms with van der Waals surface area (Å²) >= 11 is 0. The van der Waals surface area contributed by atoms with Crippen LogP contribution in [0.15, 0.2) is 18.3 Å². The van der Waals surface area contributed by atoms with Gasteiger partial charge in [-0.1, -0.05) is 0 Å². The van der Waals surface area contributed by atoms with E-state index in [0.29, 0.717) is 23.6 Å². The highest BCUT2D eigenvalue weighted by molar-refractivity contribution is 5.63. The van der Waals surface area contributed by atoms with Crippen LogP contribution in [0, 0.1) is 11.8 Å². The molecule has 0 radical (unpaired) electrons. The summed E-state index contributed by atoms with van der Waals surface area (Å²) in [6.07, 6.45) is -2.82. The maximum Gasteiger partial charge on any atom is 0.419 e. The molecule has 0 amide bonds. The van der Waals surface area contributed by atoms with Crippen LogP contribution in [0.2, 0.25) is 0 Å². The van der Waals surface area contributed by atoms with E-state index >= 15 is 0 Å². The number of alkyl halides is 5. The number of ether oxygens (including phenoxy) is 1. The van der Waals surface area contributed by atoms with E-state index in [0.717, 1.165) is 38.4 Å². The number of methoxy groups -OCH3 is 1. The molecule has 2 aliphatic carbocycles. The molecule has 11 heteroatoms. The van der Waals surface area contributed by atoms with Gasteiger partial charge < -0.3 is 10.5 Å². The van der Waals surface area contributed by atoms with E-state index in [1.54, 1.807) is 13.2 Å². The van der Waals surface area contributed by atoms with Crippen molar-refractivity contribution in [1.82, 2.24) is 19.7 Å². The monoisotopic (exact) mass is 471 g/mol. The SMILES string of the molecule is CO[C@H]1CCN(C2C[C@@H]3[C@H](C2)[C@H]3c2cc(-c3cnc(N)c(C(F)(F)F)c3)nn2CC(F)F)C1. The summed E-state index contributed by atoms with van der Waals surface area (Å²) in [6.45, 7) is 1.34. The first kappa shape index (κ1) is 22.5. The largest absolute Gasteiger partial charge is 0.419 e. The van der Waals surface area contributed by atoms with Crippen LogP contribution in [0.4, 0.5) is 27.8 Å². The predicted molar refractivity (Wildman–Crippen MR) is 111 cm³/mol. The molecule has 1 saturated heterocycles. The van der Waals surface area contributed by atoms with Gasteiger partial charge >= 0.3 is 6.18 Å². The van der Waals surface area contributed by atoms with E-state index in [2.05, 4.69) is 15.0 Å². The van der Waals surface area contributed by atoms with Crippen LogP contribution < -0.4 is 5.73 Å². The Hall–Kier alpha value is -2.27. The number of nitrogens with zero attached hydrogens (tertiary/aromatic N) is 4. The van der Waals surface area contributed by atoms with Crippen molar-refractivity contribution < 1.29 is 26.7 Å². The van der Waals surface area contributed by atoms with Crippen LogP contribution in [0.25, 0.3) is 11.3 Å². The predicted octanol–water partition coefficient (Wildman–Crippen LogP) is 4.02. The minimum Gasteiger partial charge on any atom is -0.383 e. The van der Waals surface area contributed by atoms with E-state index in [1.165, 1.54) is 10.9 Å². The van der Waals surface area contributed by atoms with Gasteiger partial charge in [-0.2, -0.15) is 18.3 Å². The highest BCUT2D eigenvalue weighted by Crippen LogP contribution is 2.64. The number of likely N-dealkylation sites (tertiary alicyclic amines) is 1. The number of rotatable bonds is 6. The molecule has 0 bridgehead atoms. The van der Waals surface area contributed by atoms with Crippen molar-refractivity contribution in [3.63, 3.8) is 0 Å². The van der Waals surface area contributed by atoms with Crippen LogP contribution in [0.3, 0.4) is 0 Å². The molecular formula is C22H26F5N5O. The second-order valence-electron chi connectivity index (χ2n) is 9.30. The van der Waals surface area contributed by atoms with E-state index in [1.807, 2.05) is 0 Å². The lowest BCUT2D eigenvalue weighted by molar-refractivity contribution is -0.137. The molecule has 0 spiro atoms. The van der Waals surface area contributed by atoms with Gasteiger partial charge in [-0.3, -0.25) is 9.58 Å². The topological polar surface area (TPSA) is 69.2 Å². The number of pyridine rings is 1. The first-order valence-corrected chi connectivity index (χ1v) is 11.1. The van der Waals surface area contributed by atoms with Crippen LogP contribution in [0.1, 0.15) is 36.4 Å². The molecule has 0 aromatic carbocycles. The molecule has 180 valence electrons. The van der Waals surface area contributed by atoms with Gasteiger partial charge in [0.05, 0.1) is 17.4 Å². The average molecular weight is 471 g/mol. The summed E-state index contributed by atoms with van der Waals surface area (Å²) in [4.78, 5) is 6.11. The second-order valence-corrected chi connectivity index (χ2v) is 9.30. The maximum atomic E-state index is 13.3. The lowest BCUT2D eigenvalue weighted by Gasteiger charge is -2.26. The average Bonchev–Trinajstić information content (AvgIpc) is 3.21. The Balaban J connectivity index is 1.37. The highest BCUT2D eigenvalue weighted by Gasteiger charge is 2.59. The third-order valence-corrected chi connectivity index (χ3v) is 7.43. The number of hydrogen-bond acceptors (Lipinski definition) is 5. The normalized spacial score (nSPS) is 29.7. The fourth-order valence-electron chi connectivity index (χ4n) is 5.79. The number of nitrogens with two attached hydrogens (primary N) is 1. The standard InChI is InChI=1S/C22H26F5N5O/c1-33-13-2-3-31(9-13)12-5-14-15(6-12)20(14)18-7-17(30-32(18)10-19(23)24)11-4-16(22(25,26)27)21(28)29-8-11/h4,7-8,12-15,19-20H,2-3,5-6,9-10H2,1H3,(H2,28,29)/t12?,13-,14-,15+,20+/m0/s1. The van der Waals surface area contributed by atoms with Crippen molar-refractivity contribution in [1.29, 1.82) is 0 Å².